The van der Waals surface area contributed by atoms with Crippen LogP contribution in [0.4, 0.5) is 0 Å². The molecule has 0 spiro atoms. The van der Waals surface area contributed by atoms with E-state index in [0.717, 1.165) is 5.57 Å². The molecule has 2 rings (SSSR count). The molecule has 1 heterocycles. The summed E-state index contributed by atoms with van der Waals surface area (Å²) in [5.74, 6) is -1.17. The number of Topliss-reactive ketones (excluding diaryl/α,β-unsaturated/α-hetero) is 1. The first-order valence-electron chi connectivity index (χ1n) is 7.94. The van der Waals surface area contributed by atoms with Crippen molar-refractivity contribution < 1.29 is 23.5 Å². The molecule has 0 N–H and O–H groups in total. The quantitative estimate of drug-likeness (QED) is 0.266. The van der Waals surface area contributed by atoms with Gasteiger partial charge < -0.3 is 13.9 Å². The summed E-state index contributed by atoms with van der Waals surface area (Å²) in [7, 11) is 1.40. The fraction of sp³-hybridized carbons (Fsp3) is 0.250. The Hall–Kier alpha value is -3.15. The molecule has 0 aliphatic carbocycles. The van der Waals surface area contributed by atoms with Gasteiger partial charge in [-0.2, -0.15) is 0 Å². The maximum absolute atomic E-state index is 13.1. The number of hydrogen-bond acceptors (Lipinski definition) is 6. The lowest BCUT2D eigenvalue weighted by atomic mass is 10.0. The zero-order chi connectivity index (χ0) is 19.4. The Morgan fingerprint density at radius 1 is 1.04 bits per heavy atom. The van der Waals surface area contributed by atoms with Crippen LogP contribution < -0.4 is 10.4 Å². The first-order chi connectivity index (χ1) is 12.2. The summed E-state index contributed by atoms with van der Waals surface area (Å²) in [5.41, 5.74) is 0.759. The van der Waals surface area contributed by atoms with Crippen molar-refractivity contribution >= 4 is 22.7 Å². The second kappa shape index (κ2) is 7.82. The van der Waals surface area contributed by atoms with Crippen LogP contribution in [0.15, 0.2) is 56.5 Å². The number of methoxy groups -OCH3 is 1. The van der Waals surface area contributed by atoms with Crippen molar-refractivity contribution in [3.63, 3.8) is 0 Å². The molecule has 6 heteroatoms. The minimum Gasteiger partial charge on any atom is -0.496 e. The summed E-state index contributed by atoms with van der Waals surface area (Å²) in [6.07, 6.45) is 1.29. The van der Waals surface area contributed by atoms with Crippen LogP contribution in [0.5, 0.6) is 5.75 Å². The number of allylic oxidation sites excluding steroid dienone is 3. The monoisotopic (exact) mass is 356 g/mol. The Balaban J connectivity index is 2.64. The molecule has 0 saturated heterocycles. The zero-order valence-corrected chi connectivity index (χ0v) is 15.3. The highest BCUT2D eigenvalue weighted by Crippen LogP contribution is 2.30. The highest BCUT2D eigenvalue weighted by atomic mass is 16.5. The van der Waals surface area contributed by atoms with Crippen LogP contribution in [-0.4, -0.2) is 18.9 Å². The third-order valence-electron chi connectivity index (χ3n) is 3.47. The Morgan fingerprint density at radius 2 is 1.69 bits per heavy atom. The van der Waals surface area contributed by atoms with Gasteiger partial charge in [-0.1, -0.05) is 5.57 Å². The number of carbonyl (C=O) groups is 2. The van der Waals surface area contributed by atoms with Gasteiger partial charge in [-0.3, -0.25) is 4.79 Å². The molecule has 136 valence electrons. The van der Waals surface area contributed by atoms with Gasteiger partial charge in [-0.05, 0) is 51.5 Å². The van der Waals surface area contributed by atoms with E-state index in [2.05, 4.69) is 0 Å². The smallest absolute Gasteiger partial charge is 0.336 e. The van der Waals surface area contributed by atoms with Crippen LogP contribution in [0.1, 0.15) is 38.1 Å². The number of ketones is 1. The van der Waals surface area contributed by atoms with Gasteiger partial charge in [0.25, 0.3) is 0 Å². The minimum atomic E-state index is -0.657. The van der Waals surface area contributed by atoms with Gasteiger partial charge in [0.2, 0.25) is 5.78 Å². The highest BCUT2D eigenvalue weighted by molar-refractivity contribution is 6.17. The van der Waals surface area contributed by atoms with E-state index < -0.39 is 17.4 Å². The molecule has 0 aliphatic rings. The SMILES string of the molecule is COc1ccc2ccc(=O)oc2c1C(=O)C(OC(=O)C=C(C)C)=C(C)C. The van der Waals surface area contributed by atoms with E-state index in [1.54, 1.807) is 45.9 Å². The number of esters is 1. The molecule has 26 heavy (non-hydrogen) atoms. The van der Waals surface area contributed by atoms with Gasteiger partial charge in [-0.25, -0.2) is 9.59 Å². The van der Waals surface area contributed by atoms with Crippen LogP contribution in [-0.2, 0) is 9.53 Å². The average molecular weight is 356 g/mol. The lowest BCUT2D eigenvalue weighted by Gasteiger charge is -2.13. The topological polar surface area (TPSA) is 82.8 Å². The number of carbonyl (C=O) groups excluding carboxylic acids is 2. The number of ether oxygens (including phenoxy) is 2. The summed E-state index contributed by atoms with van der Waals surface area (Å²) in [5, 5.41) is 0.553. The second-order valence-electron chi connectivity index (χ2n) is 6.12. The first-order valence-corrected chi connectivity index (χ1v) is 7.94. The molecule has 1 aromatic carbocycles. The van der Waals surface area contributed by atoms with Crippen LogP contribution in [0.2, 0.25) is 0 Å². The minimum absolute atomic E-state index is 0.0314. The van der Waals surface area contributed by atoms with Crippen LogP contribution in [0, 0.1) is 0 Å². The average Bonchev–Trinajstić information content (AvgIpc) is 2.57. The number of fused-ring (bicyclic) bond motifs is 1. The summed E-state index contributed by atoms with van der Waals surface area (Å²) < 4.78 is 15.7. The molecular weight excluding hydrogens is 336 g/mol. The standard InChI is InChI=1S/C20H20O6/c1-11(2)10-16(22)26-19(12(3)4)18(23)17-14(24-5)8-6-13-7-9-15(21)25-20(13)17/h6-10H,1-5H3. The fourth-order valence-electron chi connectivity index (χ4n) is 2.35. The Morgan fingerprint density at radius 3 is 2.27 bits per heavy atom. The molecule has 0 atom stereocenters. The summed E-state index contributed by atoms with van der Waals surface area (Å²) in [4.78, 5) is 36.7. The van der Waals surface area contributed by atoms with Crippen molar-refractivity contribution in [2.45, 2.75) is 27.7 Å². The number of rotatable bonds is 5. The third-order valence-corrected chi connectivity index (χ3v) is 3.47. The first kappa shape index (κ1) is 19.2. The lowest BCUT2D eigenvalue weighted by molar-refractivity contribution is -0.133. The van der Waals surface area contributed by atoms with E-state index in [-0.39, 0.29) is 22.7 Å². The van der Waals surface area contributed by atoms with E-state index in [0.29, 0.717) is 11.0 Å². The van der Waals surface area contributed by atoms with Crippen LogP contribution >= 0.6 is 0 Å². The fourth-order valence-corrected chi connectivity index (χ4v) is 2.35. The van der Waals surface area contributed by atoms with E-state index in [9.17, 15) is 14.4 Å². The van der Waals surface area contributed by atoms with Crippen molar-refractivity contribution in [1.82, 2.24) is 0 Å². The Kier molecular flexibility index (Phi) is 5.77. The van der Waals surface area contributed by atoms with Crippen molar-refractivity contribution in [2.75, 3.05) is 7.11 Å². The molecule has 0 radical (unpaired) electrons. The molecule has 0 bridgehead atoms. The largest absolute Gasteiger partial charge is 0.496 e. The molecule has 6 nitrogen and oxygen atoms in total. The molecule has 0 aliphatic heterocycles. The predicted molar refractivity (Wildman–Crippen MR) is 97.3 cm³/mol. The van der Waals surface area contributed by atoms with E-state index in [4.69, 9.17) is 13.9 Å². The van der Waals surface area contributed by atoms with E-state index >= 15 is 0 Å². The van der Waals surface area contributed by atoms with Gasteiger partial charge in [-0.15, -0.1) is 0 Å². The molecule has 0 unspecified atom stereocenters. The van der Waals surface area contributed by atoms with Crippen molar-refractivity contribution in [3.8, 4) is 5.75 Å². The molecule has 0 amide bonds. The van der Waals surface area contributed by atoms with Crippen molar-refractivity contribution in [2.24, 2.45) is 0 Å². The van der Waals surface area contributed by atoms with Crippen LogP contribution in [0.3, 0.4) is 0 Å². The van der Waals surface area contributed by atoms with Gasteiger partial charge in [0.05, 0.1) is 7.11 Å². The third kappa shape index (κ3) is 4.08. The van der Waals surface area contributed by atoms with Gasteiger partial charge in [0.1, 0.15) is 11.3 Å². The highest BCUT2D eigenvalue weighted by Gasteiger charge is 2.25. The van der Waals surface area contributed by atoms with E-state index in [1.165, 1.54) is 19.3 Å². The molecule has 0 saturated carbocycles. The van der Waals surface area contributed by atoms with Crippen molar-refractivity contribution in [1.29, 1.82) is 0 Å². The van der Waals surface area contributed by atoms with E-state index in [1.807, 2.05) is 0 Å². The molecule has 0 fully saturated rings. The normalized spacial score (nSPS) is 10.2. The van der Waals surface area contributed by atoms with Crippen LogP contribution in [0.25, 0.3) is 11.0 Å². The second-order valence-corrected chi connectivity index (χ2v) is 6.12. The maximum Gasteiger partial charge on any atom is 0.336 e. The number of benzene rings is 1. The van der Waals surface area contributed by atoms with Gasteiger partial charge in [0, 0.05) is 17.5 Å². The van der Waals surface area contributed by atoms with Gasteiger partial charge >= 0.3 is 11.6 Å². The summed E-state index contributed by atoms with van der Waals surface area (Å²) in [6.45, 7) is 6.79. The maximum atomic E-state index is 13.1. The Labute approximate surface area is 150 Å². The summed E-state index contributed by atoms with van der Waals surface area (Å²) >= 11 is 0. The van der Waals surface area contributed by atoms with Crippen molar-refractivity contribution in [3.05, 3.63) is 63.2 Å². The molecular formula is C20H20O6. The number of hydrogen-bond donors (Lipinski definition) is 0. The lowest BCUT2D eigenvalue weighted by Crippen LogP contribution is -2.14. The zero-order valence-electron chi connectivity index (χ0n) is 15.3. The molecule has 1 aromatic heterocycles. The summed E-state index contributed by atoms with van der Waals surface area (Å²) in [6, 6.07) is 6.08. The van der Waals surface area contributed by atoms with Gasteiger partial charge in [0.15, 0.2) is 11.3 Å². The molecule has 2 aromatic rings. The predicted octanol–water partition coefficient (Wildman–Crippen LogP) is 3.79. The Bertz CT molecular complexity index is 983.